The average molecular weight is 287 g/mol. The molecule has 0 atom stereocenters. The molecule has 0 bridgehead atoms. The fraction of sp³-hybridized carbons (Fsp3) is 0.571. The summed E-state index contributed by atoms with van der Waals surface area (Å²) in [6.07, 6.45) is 0. The van der Waals surface area contributed by atoms with E-state index in [1.165, 1.54) is 6.07 Å². The van der Waals surface area contributed by atoms with E-state index in [4.69, 9.17) is 24.7 Å². The Morgan fingerprint density at radius 2 is 1.65 bits per heavy atom. The van der Waals surface area contributed by atoms with E-state index in [0.717, 1.165) is 0 Å². The highest BCUT2D eigenvalue weighted by molar-refractivity contribution is 5.34. The third-order valence-electron chi connectivity index (χ3n) is 2.55. The molecule has 0 fully saturated rings. The van der Waals surface area contributed by atoms with Gasteiger partial charge in [0.1, 0.15) is 6.61 Å². The lowest BCUT2D eigenvalue weighted by atomic mass is 10.2. The van der Waals surface area contributed by atoms with Crippen molar-refractivity contribution in [1.82, 2.24) is 0 Å². The number of hydrogen-bond donors (Lipinski definition) is 1. The van der Waals surface area contributed by atoms with E-state index >= 15 is 0 Å². The zero-order chi connectivity index (χ0) is 14.6. The van der Waals surface area contributed by atoms with Crippen LogP contribution in [-0.2, 0) is 20.8 Å². The molecule has 0 unspecified atom stereocenters. The van der Waals surface area contributed by atoms with E-state index in [9.17, 15) is 4.39 Å². The van der Waals surface area contributed by atoms with Crippen LogP contribution in [0.5, 0.6) is 5.75 Å². The zero-order valence-corrected chi connectivity index (χ0v) is 11.8. The molecule has 1 aromatic rings. The summed E-state index contributed by atoms with van der Waals surface area (Å²) >= 11 is 0. The van der Waals surface area contributed by atoms with Crippen molar-refractivity contribution in [2.75, 3.05) is 46.8 Å². The van der Waals surface area contributed by atoms with Gasteiger partial charge in [-0.2, -0.15) is 0 Å². The number of nitrogens with two attached hydrogens (primary N) is 1. The van der Waals surface area contributed by atoms with Gasteiger partial charge in [0.2, 0.25) is 0 Å². The van der Waals surface area contributed by atoms with Crippen LogP contribution in [0.2, 0.25) is 0 Å². The summed E-state index contributed by atoms with van der Waals surface area (Å²) in [5.74, 6) is -0.203. The number of methoxy groups -OCH3 is 1. The maximum atomic E-state index is 13.5. The van der Waals surface area contributed by atoms with Gasteiger partial charge in [0.05, 0.1) is 33.0 Å². The minimum atomic E-state index is -0.407. The molecule has 1 aromatic carbocycles. The second-order valence-electron chi connectivity index (χ2n) is 4.00. The number of halogens is 1. The largest absolute Gasteiger partial charge is 0.488 e. The first-order valence-corrected chi connectivity index (χ1v) is 6.54. The van der Waals surface area contributed by atoms with Crippen LogP contribution < -0.4 is 10.5 Å². The molecule has 0 aromatic heterocycles. The predicted octanol–water partition coefficient (Wildman–Crippen LogP) is 1.34. The number of benzene rings is 1. The van der Waals surface area contributed by atoms with Gasteiger partial charge in [-0.15, -0.1) is 0 Å². The highest BCUT2D eigenvalue weighted by atomic mass is 19.1. The Hall–Kier alpha value is -1.21. The number of hydrogen-bond acceptors (Lipinski definition) is 5. The first-order valence-electron chi connectivity index (χ1n) is 6.54. The second kappa shape index (κ2) is 10.6. The van der Waals surface area contributed by atoms with Gasteiger partial charge < -0.3 is 24.7 Å². The van der Waals surface area contributed by atoms with Crippen molar-refractivity contribution in [1.29, 1.82) is 0 Å². The smallest absolute Gasteiger partial charge is 0.165 e. The van der Waals surface area contributed by atoms with Crippen molar-refractivity contribution in [3.63, 3.8) is 0 Å². The molecule has 0 aliphatic carbocycles. The van der Waals surface area contributed by atoms with E-state index in [-0.39, 0.29) is 18.9 Å². The zero-order valence-electron chi connectivity index (χ0n) is 11.8. The lowest BCUT2D eigenvalue weighted by Crippen LogP contribution is -2.13. The molecule has 0 spiro atoms. The third-order valence-corrected chi connectivity index (χ3v) is 2.55. The summed E-state index contributed by atoms with van der Waals surface area (Å²) in [6.45, 7) is 2.95. The van der Waals surface area contributed by atoms with Crippen LogP contribution in [0.3, 0.4) is 0 Å². The van der Waals surface area contributed by atoms with Crippen LogP contribution in [0.25, 0.3) is 0 Å². The first kappa shape index (κ1) is 16.8. The molecule has 6 heteroatoms. The van der Waals surface area contributed by atoms with Crippen LogP contribution in [0.4, 0.5) is 4.39 Å². The Bertz CT molecular complexity index is 376. The standard InChI is InChI=1S/C14H22FNO4/c1-17-5-6-18-7-8-19-9-10-20-14-12(11-16)3-2-4-13(14)15/h2-4H,5-11,16H2,1H3. The molecular weight excluding hydrogens is 265 g/mol. The molecule has 5 nitrogen and oxygen atoms in total. The van der Waals surface area contributed by atoms with E-state index in [1.807, 2.05) is 0 Å². The number of rotatable bonds is 11. The minimum absolute atomic E-state index is 0.204. The highest BCUT2D eigenvalue weighted by Gasteiger charge is 2.08. The van der Waals surface area contributed by atoms with Crippen LogP contribution in [0, 0.1) is 5.82 Å². The van der Waals surface area contributed by atoms with Crippen molar-refractivity contribution < 1.29 is 23.3 Å². The van der Waals surface area contributed by atoms with Gasteiger partial charge in [-0.3, -0.25) is 0 Å². The maximum absolute atomic E-state index is 13.5. The fourth-order valence-electron chi connectivity index (χ4n) is 1.54. The molecule has 0 saturated carbocycles. The Balaban J connectivity index is 2.12. The second-order valence-corrected chi connectivity index (χ2v) is 4.00. The van der Waals surface area contributed by atoms with Crippen LogP contribution >= 0.6 is 0 Å². The quantitative estimate of drug-likeness (QED) is 0.622. The van der Waals surface area contributed by atoms with Crippen LogP contribution in [0.15, 0.2) is 18.2 Å². The lowest BCUT2D eigenvalue weighted by Gasteiger charge is -2.11. The van der Waals surface area contributed by atoms with E-state index < -0.39 is 5.82 Å². The van der Waals surface area contributed by atoms with Gasteiger partial charge >= 0.3 is 0 Å². The topological polar surface area (TPSA) is 62.9 Å². The molecule has 0 heterocycles. The van der Waals surface area contributed by atoms with Crippen molar-refractivity contribution in [2.45, 2.75) is 6.54 Å². The molecule has 114 valence electrons. The van der Waals surface area contributed by atoms with Crippen molar-refractivity contribution in [3.05, 3.63) is 29.6 Å². The van der Waals surface area contributed by atoms with Crippen molar-refractivity contribution >= 4 is 0 Å². The molecule has 0 radical (unpaired) electrons. The Morgan fingerprint density at radius 3 is 2.30 bits per heavy atom. The van der Waals surface area contributed by atoms with E-state index in [2.05, 4.69) is 0 Å². The molecule has 0 aliphatic rings. The lowest BCUT2D eigenvalue weighted by molar-refractivity contribution is 0.0176. The summed E-state index contributed by atoms with van der Waals surface area (Å²) in [5.41, 5.74) is 6.17. The molecular formula is C14H22FNO4. The van der Waals surface area contributed by atoms with Crippen LogP contribution in [-0.4, -0.2) is 46.8 Å². The summed E-state index contributed by atoms with van der Waals surface area (Å²) < 4.78 is 34.3. The molecule has 0 aliphatic heterocycles. The highest BCUT2D eigenvalue weighted by Crippen LogP contribution is 2.21. The molecule has 0 saturated heterocycles. The SMILES string of the molecule is COCCOCCOCCOc1c(F)cccc1CN. The van der Waals surface area contributed by atoms with Crippen LogP contribution in [0.1, 0.15) is 5.56 Å². The molecule has 1 rings (SSSR count). The van der Waals surface area contributed by atoms with E-state index in [1.54, 1.807) is 19.2 Å². The fourth-order valence-corrected chi connectivity index (χ4v) is 1.54. The number of ether oxygens (including phenoxy) is 4. The third kappa shape index (κ3) is 6.29. The summed E-state index contributed by atoms with van der Waals surface area (Å²) in [5, 5.41) is 0. The normalized spacial score (nSPS) is 10.8. The van der Waals surface area contributed by atoms with E-state index in [0.29, 0.717) is 38.6 Å². The van der Waals surface area contributed by atoms with Gasteiger partial charge in [-0.25, -0.2) is 4.39 Å². The molecule has 0 amide bonds. The average Bonchev–Trinajstić information content (AvgIpc) is 2.46. The number of para-hydroxylation sites is 1. The minimum Gasteiger partial charge on any atom is -0.488 e. The predicted molar refractivity (Wildman–Crippen MR) is 73.3 cm³/mol. The Kier molecular flexibility index (Phi) is 8.90. The Morgan fingerprint density at radius 1 is 1.00 bits per heavy atom. The van der Waals surface area contributed by atoms with Crippen molar-refractivity contribution in [2.24, 2.45) is 5.73 Å². The molecule has 2 N–H and O–H groups in total. The summed E-state index contributed by atoms with van der Waals surface area (Å²) in [7, 11) is 1.62. The Labute approximate surface area is 118 Å². The summed E-state index contributed by atoms with van der Waals surface area (Å²) in [6, 6.07) is 4.69. The van der Waals surface area contributed by atoms with Gasteiger partial charge in [-0.1, -0.05) is 12.1 Å². The van der Waals surface area contributed by atoms with Gasteiger partial charge in [0, 0.05) is 19.2 Å². The maximum Gasteiger partial charge on any atom is 0.165 e. The van der Waals surface area contributed by atoms with Gasteiger partial charge in [-0.05, 0) is 6.07 Å². The monoisotopic (exact) mass is 287 g/mol. The molecule has 20 heavy (non-hydrogen) atoms. The van der Waals surface area contributed by atoms with Gasteiger partial charge in [0.15, 0.2) is 11.6 Å². The van der Waals surface area contributed by atoms with Crippen molar-refractivity contribution in [3.8, 4) is 5.75 Å². The summed E-state index contributed by atoms with van der Waals surface area (Å²) in [4.78, 5) is 0. The van der Waals surface area contributed by atoms with Gasteiger partial charge in [0.25, 0.3) is 0 Å². The first-order chi connectivity index (χ1) is 9.79.